The molecule has 0 saturated carbocycles. The Bertz CT molecular complexity index is 363. The molecule has 2 nitrogen and oxygen atoms in total. The zero-order valence-corrected chi connectivity index (χ0v) is 10.9. The number of quaternary nitrogens is 1. The molecule has 0 aliphatic rings. The Morgan fingerprint density at radius 1 is 1.31 bits per heavy atom. The van der Waals surface area contributed by atoms with Gasteiger partial charge in [-0.05, 0) is 18.1 Å². The lowest BCUT2D eigenvalue weighted by atomic mass is 10.1. The van der Waals surface area contributed by atoms with Gasteiger partial charge in [0.05, 0.1) is 20.6 Å². The van der Waals surface area contributed by atoms with Gasteiger partial charge < -0.3 is 4.59 Å². The van der Waals surface area contributed by atoms with Crippen LogP contribution in [0.2, 0.25) is 0 Å². The summed E-state index contributed by atoms with van der Waals surface area (Å²) in [6, 6.07) is 10.1. The molecular formula is C13H19ClN2. The van der Waals surface area contributed by atoms with Gasteiger partial charge >= 0.3 is 0 Å². The van der Waals surface area contributed by atoms with Crippen LogP contribution in [0.3, 0.4) is 0 Å². The van der Waals surface area contributed by atoms with Crippen molar-refractivity contribution in [3.05, 3.63) is 48.0 Å². The van der Waals surface area contributed by atoms with Crippen LogP contribution in [0.4, 0.5) is 0 Å². The molecule has 88 valence electrons. The Labute approximate surface area is 103 Å². The van der Waals surface area contributed by atoms with Gasteiger partial charge in [-0.1, -0.05) is 41.9 Å². The van der Waals surface area contributed by atoms with Gasteiger partial charge in [0.2, 0.25) is 0 Å². The van der Waals surface area contributed by atoms with Crippen LogP contribution in [0.5, 0.6) is 0 Å². The number of nitrogens with zero attached hydrogens (tertiary/aromatic N) is 1. The maximum atomic E-state index is 6.25. The standard InChI is InChI=1S/C13H19ClN2/c1-11(12-8-6-5-7-9-12)13(14)10-15-16(2,3)4/h5-9,15H,2,10H2,1,3-4H3/b13-11-. The van der Waals surface area contributed by atoms with Crippen molar-refractivity contribution in [2.45, 2.75) is 6.92 Å². The van der Waals surface area contributed by atoms with Crippen molar-refractivity contribution in [3.8, 4) is 0 Å². The summed E-state index contributed by atoms with van der Waals surface area (Å²) < 4.78 is 0.443. The molecule has 3 heteroatoms. The molecule has 0 radical (unpaired) electrons. The van der Waals surface area contributed by atoms with Gasteiger partial charge in [-0.2, -0.15) is 5.43 Å². The molecule has 16 heavy (non-hydrogen) atoms. The van der Waals surface area contributed by atoms with Crippen molar-refractivity contribution in [2.24, 2.45) is 0 Å². The highest BCUT2D eigenvalue weighted by Gasteiger charge is 2.05. The number of hydrogen-bond donors (Lipinski definition) is 1. The summed E-state index contributed by atoms with van der Waals surface area (Å²) in [4.78, 5) is 0. The Balaban J connectivity index is 2.74. The van der Waals surface area contributed by atoms with E-state index < -0.39 is 0 Å². The van der Waals surface area contributed by atoms with Crippen LogP contribution in [0.1, 0.15) is 12.5 Å². The smallest absolute Gasteiger partial charge is 0.0780 e. The van der Waals surface area contributed by atoms with E-state index in [1.54, 1.807) is 0 Å². The maximum absolute atomic E-state index is 6.25. The first-order chi connectivity index (χ1) is 7.40. The third kappa shape index (κ3) is 4.35. The number of hydrogen-bond acceptors (Lipinski definition) is 1. The van der Waals surface area contributed by atoms with E-state index in [1.165, 1.54) is 0 Å². The lowest BCUT2D eigenvalue weighted by molar-refractivity contribution is -0.890. The highest BCUT2D eigenvalue weighted by atomic mass is 35.5. The molecule has 1 aromatic carbocycles. The van der Waals surface area contributed by atoms with Gasteiger partial charge in [-0.15, -0.1) is 7.05 Å². The second-order valence-corrected chi connectivity index (χ2v) is 4.87. The Morgan fingerprint density at radius 3 is 2.38 bits per heavy atom. The molecule has 0 unspecified atom stereocenters. The topological polar surface area (TPSA) is 12.0 Å². The molecule has 0 amide bonds. The van der Waals surface area contributed by atoms with E-state index >= 15 is 0 Å². The second kappa shape index (κ2) is 5.48. The molecule has 0 heterocycles. The van der Waals surface area contributed by atoms with Crippen LogP contribution >= 0.6 is 11.6 Å². The zero-order chi connectivity index (χ0) is 12.2. The van der Waals surface area contributed by atoms with Crippen molar-refractivity contribution in [2.75, 3.05) is 20.6 Å². The summed E-state index contributed by atoms with van der Waals surface area (Å²) in [5, 5.41) is 0.820. The Kier molecular flexibility index (Phi) is 4.54. The lowest BCUT2D eigenvalue weighted by Crippen LogP contribution is -2.46. The van der Waals surface area contributed by atoms with Crippen LogP contribution < -0.4 is 5.43 Å². The number of rotatable bonds is 4. The zero-order valence-electron chi connectivity index (χ0n) is 10.1. The first-order valence-corrected chi connectivity index (χ1v) is 5.62. The number of benzene rings is 1. The minimum absolute atomic E-state index is 0.443. The quantitative estimate of drug-likeness (QED) is 0.483. The number of halogens is 1. The van der Waals surface area contributed by atoms with Crippen LogP contribution in [0, 0.1) is 7.05 Å². The van der Waals surface area contributed by atoms with Crippen LogP contribution in [-0.4, -0.2) is 25.2 Å². The van der Waals surface area contributed by atoms with Gasteiger partial charge in [0, 0.05) is 5.03 Å². The number of allylic oxidation sites excluding steroid dienone is 1. The van der Waals surface area contributed by atoms with Crippen molar-refractivity contribution in [1.29, 1.82) is 0 Å². The Morgan fingerprint density at radius 2 is 1.88 bits per heavy atom. The van der Waals surface area contributed by atoms with E-state index in [1.807, 2.05) is 39.2 Å². The van der Waals surface area contributed by atoms with Gasteiger partial charge in [-0.25, -0.2) is 0 Å². The first-order valence-electron chi connectivity index (χ1n) is 5.24. The van der Waals surface area contributed by atoms with E-state index in [2.05, 4.69) is 24.6 Å². The summed E-state index contributed by atoms with van der Waals surface area (Å²) in [6.07, 6.45) is 0. The van der Waals surface area contributed by atoms with E-state index in [0.29, 0.717) is 11.1 Å². The summed E-state index contributed by atoms with van der Waals surface area (Å²) in [6.45, 7) is 2.65. The fourth-order valence-electron chi connectivity index (χ4n) is 1.26. The van der Waals surface area contributed by atoms with E-state index in [4.69, 9.17) is 11.6 Å². The molecule has 0 fully saturated rings. The average Bonchev–Trinajstić information content (AvgIpc) is 2.25. The molecule has 0 aromatic heterocycles. The van der Waals surface area contributed by atoms with E-state index in [0.717, 1.165) is 16.2 Å². The monoisotopic (exact) mass is 238 g/mol. The van der Waals surface area contributed by atoms with Crippen LogP contribution in [-0.2, 0) is 0 Å². The van der Waals surface area contributed by atoms with Crippen LogP contribution in [0.25, 0.3) is 5.57 Å². The van der Waals surface area contributed by atoms with Gasteiger partial charge in [0.25, 0.3) is 0 Å². The largest absolute Gasteiger partial charge is 0.381 e. The van der Waals surface area contributed by atoms with Crippen molar-refractivity contribution in [3.63, 3.8) is 0 Å². The van der Waals surface area contributed by atoms with Gasteiger partial charge in [-0.3, -0.25) is 0 Å². The minimum Gasteiger partial charge on any atom is -0.381 e. The van der Waals surface area contributed by atoms with Crippen molar-refractivity contribution in [1.82, 2.24) is 5.43 Å². The Hall–Kier alpha value is -0.830. The fourth-order valence-corrected chi connectivity index (χ4v) is 1.43. The number of nitrogens with one attached hydrogen (secondary N) is 1. The molecule has 1 aromatic rings. The van der Waals surface area contributed by atoms with Gasteiger partial charge in [0.1, 0.15) is 0 Å². The SMILES string of the molecule is [CH2-][N+](C)(C)NC/C(Cl)=C(\C)c1ccccc1. The second-order valence-electron chi connectivity index (χ2n) is 4.42. The van der Waals surface area contributed by atoms with Crippen molar-refractivity contribution < 1.29 is 4.59 Å². The summed E-state index contributed by atoms with van der Waals surface area (Å²) in [7, 11) is 7.84. The predicted octanol–water partition coefficient (Wildman–Crippen LogP) is 3.03. The average molecular weight is 239 g/mol. The highest BCUT2D eigenvalue weighted by molar-refractivity contribution is 6.32. The molecule has 0 aliphatic carbocycles. The molecule has 0 aliphatic heterocycles. The van der Waals surface area contributed by atoms with Crippen LogP contribution in [0.15, 0.2) is 35.4 Å². The molecule has 0 saturated heterocycles. The fraction of sp³-hybridized carbons (Fsp3) is 0.308. The minimum atomic E-state index is 0.443. The summed E-state index contributed by atoms with van der Waals surface area (Å²) >= 11 is 6.25. The summed E-state index contributed by atoms with van der Waals surface area (Å²) in [5.74, 6) is 0. The molecule has 0 bridgehead atoms. The molecule has 0 spiro atoms. The van der Waals surface area contributed by atoms with E-state index in [-0.39, 0.29) is 0 Å². The van der Waals surface area contributed by atoms with Gasteiger partial charge in [0.15, 0.2) is 0 Å². The molecule has 0 atom stereocenters. The van der Waals surface area contributed by atoms with Crippen molar-refractivity contribution >= 4 is 17.2 Å². The van der Waals surface area contributed by atoms with E-state index in [9.17, 15) is 0 Å². The highest BCUT2D eigenvalue weighted by Crippen LogP contribution is 2.20. The third-order valence-corrected chi connectivity index (χ3v) is 2.69. The molecule has 1 N–H and O–H groups in total. The molecule has 1 rings (SSSR count). The predicted molar refractivity (Wildman–Crippen MR) is 70.4 cm³/mol. The normalized spacial score (nSPS) is 13.6. The maximum Gasteiger partial charge on any atom is 0.0780 e. The summed E-state index contributed by atoms with van der Waals surface area (Å²) in [5.41, 5.74) is 5.47. The molecular weight excluding hydrogens is 220 g/mol. The first kappa shape index (κ1) is 13.2. The third-order valence-electron chi connectivity index (χ3n) is 2.28. The lowest BCUT2D eigenvalue weighted by Gasteiger charge is -2.32.